The van der Waals surface area contributed by atoms with Gasteiger partial charge in [0.05, 0.1) is 17.8 Å². The molecule has 0 spiro atoms. The lowest BCUT2D eigenvalue weighted by molar-refractivity contribution is -0.310. The van der Waals surface area contributed by atoms with Gasteiger partial charge in [-0.1, -0.05) is 13.8 Å². The predicted octanol–water partition coefficient (Wildman–Crippen LogP) is 2.46. The monoisotopic (exact) mass is 520 g/mol. The number of ether oxygens (including phenoxy) is 3. The summed E-state index contributed by atoms with van der Waals surface area (Å²) in [6, 6.07) is 0. The van der Waals surface area contributed by atoms with Crippen molar-refractivity contribution in [3.05, 3.63) is 11.6 Å². The average molecular weight is 521 g/mol. The van der Waals surface area contributed by atoms with E-state index < -0.39 is 36.3 Å². The van der Waals surface area contributed by atoms with Crippen molar-refractivity contribution in [3.8, 4) is 0 Å². The molecule has 2 aliphatic heterocycles. The second-order valence-corrected chi connectivity index (χ2v) is 13.5. The van der Waals surface area contributed by atoms with Crippen molar-refractivity contribution in [2.24, 2.45) is 34.5 Å². The van der Waals surface area contributed by atoms with Crippen molar-refractivity contribution in [2.45, 2.75) is 121 Å². The molecule has 4 aliphatic carbocycles. The summed E-state index contributed by atoms with van der Waals surface area (Å²) in [5, 5.41) is 43.0. The molecule has 0 unspecified atom stereocenters. The topological polar surface area (TPSA) is 126 Å². The van der Waals surface area contributed by atoms with Crippen LogP contribution in [0.4, 0.5) is 0 Å². The molecule has 4 N–H and O–H groups in total. The first-order valence-corrected chi connectivity index (χ1v) is 14.4. The number of carbonyl (C=O) groups is 1. The summed E-state index contributed by atoms with van der Waals surface area (Å²) in [6.07, 6.45) is 4.88. The van der Waals surface area contributed by atoms with Crippen molar-refractivity contribution in [1.82, 2.24) is 0 Å². The molecule has 208 valence electrons. The van der Waals surface area contributed by atoms with Crippen LogP contribution in [0.2, 0.25) is 0 Å². The van der Waals surface area contributed by atoms with Crippen molar-refractivity contribution in [1.29, 1.82) is 0 Å². The minimum Gasteiger partial charge on any atom is -0.458 e. The lowest BCUT2D eigenvalue weighted by atomic mass is 9.43. The Morgan fingerprint density at radius 2 is 1.73 bits per heavy atom. The number of esters is 1. The number of rotatable bonds is 3. The van der Waals surface area contributed by atoms with Crippen molar-refractivity contribution < 1.29 is 39.4 Å². The minimum absolute atomic E-state index is 0.0661. The average Bonchev–Trinajstić information content (AvgIpc) is 3.41. The lowest BCUT2D eigenvalue weighted by Crippen LogP contribution is -2.62. The SMILES string of the molecule is C[C@H]1O[C@@H](O[C@H]2CC[C@@]3(C)[C@@H](CC[C@@H]4[C@@H]3CC[C@]3(C)[C@H](C5=CC(=O)OC5)CC[C@]43O)C2)[C@H](O)[C@H](O)[C@@H]1O. The first kappa shape index (κ1) is 26.2. The molecule has 0 amide bonds. The molecule has 6 rings (SSSR count). The number of fused-ring (bicyclic) bond motifs is 5. The molecule has 4 saturated carbocycles. The Bertz CT molecular complexity index is 952. The van der Waals surface area contributed by atoms with E-state index in [-0.39, 0.29) is 34.7 Å². The molecule has 0 radical (unpaired) electrons. The molecule has 8 heteroatoms. The van der Waals surface area contributed by atoms with Gasteiger partial charge >= 0.3 is 5.97 Å². The fraction of sp³-hybridized carbons (Fsp3) is 0.897. The third-order valence-electron chi connectivity index (χ3n) is 12.1. The summed E-state index contributed by atoms with van der Waals surface area (Å²) < 4.78 is 17.2. The Labute approximate surface area is 219 Å². The van der Waals surface area contributed by atoms with Gasteiger partial charge in [-0.15, -0.1) is 0 Å². The second-order valence-electron chi connectivity index (χ2n) is 13.5. The maximum atomic E-state index is 12.4. The first-order valence-electron chi connectivity index (χ1n) is 14.4. The Balaban J connectivity index is 1.16. The van der Waals surface area contributed by atoms with Gasteiger partial charge in [-0.05, 0) is 99.4 Å². The van der Waals surface area contributed by atoms with E-state index in [2.05, 4.69) is 13.8 Å². The second kappa shape index (κ2) is 9.00. The molecule has 0 aromatic heterocycles. The largest absolute Gasteiger partial charge is 0.458 e. The number of hydrogen-bond donors (Lipinski definition) is 4. The molecule has 5 fully saturated rings. The van der Waals surface area contributed by atoms with Crippen LogP contribution < -0.4 is 0 Å². The summed E-state index contributed by atoms with van der Waals surface area (Å²) >= 11 is 0. The first-order chi connectivity index (χ1) is 17.5. The van der Waals surface area contributed by atoms with Gasteiger partial charge in [0.2, 0.25) is 0 Å². The molecule has 37 heavy (non-hydrogen) atoms. The quantitative estimate of drug-likeness (QED) is 0.330. The zero-order valence-electron chi connectivity index (χ0n) is 22.3. The van der Waals surface area contributed by atoms with Crippen molar-refractivity contribution in [2.75, 3.05) is 6.61 Å². The van der Waals surface area contributed by atoms with E-state index in [9.17, 15) is 25.2 Å². The van der Waals surface area contributed by atoms with Crippen LogP contribution in [0.3, 0.4) is 0 Å². The van der Waals surface area contributed by atoms with Crippen LogP contribution in [-0.4, -0.2) is 75.4 Å². The van der Waals surface area contributed by atoms with E-state index >= 15 is 0 Å². The highest BCUT2D eigenvalue weighted by Gasteiger charge is 2.67. The van der Waals surface area contributed by atoms with E-state index in [0.717, 1.165) is 63.4 Å². The molecular weight excluding hydrogens is 476 g/mol. The summed E-state index contributed by atoms with van der Waals surface area (Å²) in [6.45, 7) is 6.73. The Kier molecular flexibility index (Phi) is 6.37. The number of cyclic esters (lactones) is 1. The number of hydrogen-bond acceptors (Lipinski definition) is 8. The summed E-state index contributed by atoms with van der Waals surface area (Å²) in [4.78, 5) is 11.8. The van der Waals surface area contributed by atoms with Crippen LogP contribution in [0.1, 0.15) is 78.6 Å². The molecule has 0 bridgehead atoms. The van der Waals surface area contributed by atoms with Gasteiger partial charge in [0.15, 0.2) is 6.29 Å². The van der Waals surface area contributed by atoms with E-state index in [0.29, 0.717) is 18.4 Å². The van der Waals surface area contributed by atoms with Crippen molar-refractivity contribution in [3.63, 3.8) is 0 Å². The summed E-state index contributed by atoms with van der Waals surface area (Å²) in [5.41, 5.74) is 0.243. The predicted molar refractivity (Wildman–Crippen MR) is 133 cm³/mol. The fourth-order valence-corrected chi connectivity index (χ4v) is 9.81. The molecule has 6 aliphatic rings. The van der Waals surface area contributed by atoms with Crippen LogP contribution in [0.15, 0.2) is 11.6 Å². The van der Waals surface area contributed by atoms with Crippen LogP contribution in [0.25, 0.3) is 0 Å². The van der Waals surface area contributed by atoms with E-state index in [1.807, 2.05) is 0 Å². The zero-order chi connectivity index (χ0) is 26.3. The number of carbonyl (C=O) groups excluding carboxylic acids is 1. The number of aliphatic hydroxyl groups is 4. The van der Waals surface area contributed by atoms with Gasteiger partial charge < -0.3 is 34.6 Å². The van der Waals surface area contributed by atoms with Crippen LogP contribution in [0, 0.1) is 34.5 Å². The maximum Gasteiger partial charge on any atom is 0.331 e. The smallest absolute Gasteiger partial charge is 0.331 e. The third kappa shape index (κ3) is 3.80. The van der Waals surface area contributed by atoms with Gasteiger partial charge in [0.25, 0.3) is 0 Å². The van der Waals surface area contributed by atoms with Gasteiger partial charge in [0.1, 0.15) is 24.9 Å². The molecule has 8 nitrogen and oxygen atoms in total. The highest BCUT2D eigenvalue weighted by Crippen LogP contribution is 2.70. The van der Waals surface area contributed by atoms with Crippen LogP contribution in [-0.2, 0) is 19.0 Å². The van der Waals surface area contributed by atoms with Gasteiger partial charge in [0, 0.05) is 11.5 Å². The Morgan fingerprint density at radius 3 is 2.46 bits per heavy atom. The lowest BCUT2D eigenvalue weighted by Gasteiger charge is -2.64. The van der Waals surface area contributed by atoms with E-state index in [1.165, 1.54) is 0 Å². The third-order valence-corrected chi connectivity index (χ3v) is 12.1. The fourth-order valence-electron chi connectivity index (χ4n) is 9.81. The van der Waals surface area contributed by atoms with Gasteiger partial charge in [-0.2, -0.15) is 0 Å². The molecular formula is C29H44O8. The number of aliphatic hydroxyl groups excluding tert-OH is 3. The van der Waals surface area contributed by atoms with Crippen LogP contribution >= 0.6 is 0 Å². The summed E-state index contributed by atoms with van der Waals surface area (Å²) in [5.74, 6) is 1.14. The molecule has 0 aromatic carbocycles. The normalized spacial score (nSPS) is 55.6. The zero-order valence-corrected chi connectivity index (χ0v) is 22.3. The van der Waals surface area contributed by atoms with Crippen molar-refractivity contribution >= 4 is 5.97 Å². The molecule has 13 atom stereocenters. The Morgan fingerprint density at radius 1 is 0.946 bits per heavy atom. The van der Waals surface area contributed by atoms with E-state index in [1.54, 1.807) is 13.0 Å². The maximum absolute atomic E-state index is 12.4. The molecule has 1 saturated heterocycles. The van der Waals surface area contributed by atoms with Gasteiger partial charge in [-0.3, -0.25) is 0 Å². The van der Waals surface area contributed by atoms with E-state index in [4.69, 9.17) is 14.2 Å². The Hall–Kier alpha value is -1.03. The molecule has 2 heterocycles. The standard InChI is InChI=1S/C29H44O8/c1-15-23(31)24(32)25(33)26(36-15)37-18-6-9-27(2)17(13-18)4-5-21-20(27)7-10-28(3)19(8-11-29(21,28)34)16-12-22(30)35-14-16/h12,15,17-21,23-26,31-34H,4-11,13-14H2,1-3H3/t15-,17+,18+,19+,20+,21-,23-,24-,25-,26+,27+,28-,29+/m1/s1. The van der Waals surface area contributed by atoms with Crippen LogP contribution in [0.5, 0.6) is 0 Å². The van der Waals surface area contributed by atoms with Gasteiger partial charge in [-0.25, -0.2) is 4.79 Å². The highest BCUT2D eigenvalue weighted by molar-refractivity contribution is 5.85. The summed E-state index contributed by atoms with van der Waals surface area (Å²) in [7, 11) is 0. The molecule has 0 aromatic rings. The highest BCUT2D eigenvalue weighted by atomic mass is 16.7. The minimum atomic E-state index is -1.28.